The van der Waals surface area contributed by atoms with E-state index in [0.717, 1.165) is 12.8 Å². The van der Waals surface area contributed by atoms with Crippen molar-refractivity contribution in [3.63, 3.8) is 0 Å². The zero-order valence-electron chi connectivity index (χ0n) is 10.8. The van der Waals surface area contributed by atoms with Crippen LogP contribution in [0, 0.1) is 0 Å². The second-order valence-electron chi connectivity index (χ2n) is 4.69. The molecular formula is C15H18O3. The molecule has 1 unspecified atom stereocenters. The van der Waals surface area contributed by atoms with Crippen LogP contribution in [0.2, 0.25) is 0 Å². The van der Waals surface area contributed by atoms with E-state index in [1.54, 1.807) is 13.8 Å². The predicted molar refractivity (Wildman–Crippen MR) is 69.1 cm³/mol. The molecule has 0 aliphatic heterocycles. The van der Waals surface area contributed by atoms with Crippen LogP contribution in [0.25, 0.3) is 0 Å². The van der Waals surface area contributed by atoms with Crippen LogP contribution in [-0.4, -0.2) is 18.4 Å². The molecule has 0 saturated heterocycles. The van der Waals surface area contributed by atoms with Gasteiger partial charge < -0.3 is 9.47 Å². The lowest BCUT2D eigenvalue weighted by Gasteiger charge is -2.18. The van der Waals surface area contributed by atoms with Gasteiger partial charge in [-0.2, -0.15) is 0 Å². The van der Waals surface area contributed by atoms with E-state index >= 15 is 0 Å². The molecule has 2 rings (SSSR count). The van der Waals surface area contributed by atoms with E-state index in [9.17, 15) is 4.79 Å². The van der Waals surface area contributed by atoms with Crippen LogP contribution < -0.4 is 0 Å². The maximum atomic E-state index is 11.3. The summed E-state index contributed by atoms with van der Waals surface area (Å²) in [6.45, 7) is 6.91. The van der Waals surface area contributed by atoms with E-state index in [0.29, 0.717) is 5.57 Å². The molecule has 0 spiro atoms. The maximum absolute atomic E-state index is 11.3. The Morgan fingerprint density at radius 2 is 1.89 bits per heavy atom. The molecule has 0 saturated carbocycles. The lowest BCUT2D eigenvalue weighted by atomic mass is 10.1. The number of esters is 1. The van der Waals surface area contributed by atoms with Crippen molar-refractivity contribution < 1.29 is 14.3 Å². The van der Waals surface area contributed by atoms with Crippen molar-refractivity contribution in [2.24, 2.45) is 0 Å². The first-order valence-electron chi connectivity index (χ1n) is 6.15. The molecule has 0 radical (unpaired) electrons. The molecule has 3 heteroatoms. The molecule has 96 valence electrons. The van der Waals surface area contributed by atoms with Crippen molar-refractivity contribution in [2.45, 2.75) is 39.1 Å². The normalized spacial score (nSPS) is 16.1. The molecule has 1 aromatic carbocycles. The number of carbonyl (C=O) groups is 1. The van der Waals surface area contributed by atoms with E-state index in [1.807, 2.05) is 12.1 Å². The number of ether oxygens (including phenoxy) is 2. The Hall–Kier alpha value is -1.61. The van der Waals surface area contributed by atoms with Crippen LogP contribution in [0.4, 0.5) is 0 Å². The van der Waals surface area contributed by atoms with Gasteiger partial charge in [0.1, 0.15) is 0 Å². The molecule has 1 atom stereocenters. The summed E-state index contributed by atoms with van der Waals surface area (Å²) in [6, 6.07) is 8.30. The van der Waals surface area contributed by atoms with Gasteiger partial charge in [-0.25, -0.2) is 4.79 Å². The molecule has 1 aliphatic rings. The molecule has 0 heterocycles. The van der Waals surface area contributed by atoms with E-state index in [-0.39, 0.29) is 6.10 Å². The van der Waals surface area contributed by atoms with Gasteiger partial charge in [0, 0.05) is 5.57 Å². The van der Waals surface area contributed by atoms with Crippen molar-refractivity contribution in [2.75, 3.05) is 0 Å². The van der Waals surface area contributed by atoms with Crippen LogP contribution in [0.3, 0.4) is 0 Å². The van der Waals surface area contributed by atoms with E-state index < -0.39 is 12.3 Å². The molecule has 0 N–H and O–H groups in total. The quantitative estimate of drug-likeness (QED) is 0.465. The highest BCUT2D eigenvalue weighted by Crippen LogP contribution is 2.24. The highest BCUT2D eigenvalue weighted by molar-refractivity contribution is 5.86. The van der Waals surface area contributed by atoms with Gasteiger partial charge >= 0.3 is 5.97 Å². The number of fused-ring (bicyclic) bond motifs is 1. The lowest BCUT2D eigenvalue weighted by molar-refractivity contribution is -0.179. The summed E-state index contributed by atoms with van der Waals surface area (Å²) in [6.07, 6.45) is 1.32. The summed E-state index contributed by atoms with van der Waals surface area (Å²) in [5, 5.41) is 0. The second kappa shape index (κ2) is 5.36. The average Bonchev–Trinajstić information content (AvgIpc) is 2.70. The Kier molecular flexibility index (Phi) is 3.82. The monoisotopic (exact) mass is 246 g/mol. The van der Waals surface area contributed by atoms with E-state index in [1.165, 1.54) is 11.1 Å². The Morgan fingerprint density at radius 1 is 1.33 bits per heavy atom. The van der Waals surface area contributed by atoms with Crippen molar-refractivity contribution in [1.82, 2.24) is 0 Å². The van der Waals surface area contributed by atoms with Gasteiger partial charge in [0.05, 0.1) is 6.10 Å². The fraction of sp³-hybridized carbons (Fsp3) is 0.400. The third-order valence-electron chi connectivity index (χ3n) is 3.02. The Labute approximate surface area is 107 Å². The van der Waals surface area contributed by atoms with Crippen LogP contribution in [-0.2, 0) is 27.1 Å². The highest BCUT2D eigenvalue weighted by atomic mass is 16.7. The molecule has 1 aliphatic carbocycles. The third kappa shape index (κ3) is 2.99. The van der Waals surface area contributed by atoms with E-state index in [4.69, 9.17) is 9.47 Å². The van der Waals surface area contributed by atoms with Crippen LogP contribution in [0.1, 0.15) is 25.0 Å². The standard InChI is InChI=1S/C15H18O3/c1-10(2)15(16)18-11(3)17-14-8-12-6-4-5-7-13(12)9-14/h4-7,11,14H,1,8-9H2,2-3H3. The van der Waals surface area contributed by atoms with E-state index in [2.05, 4.69) is 18.7 Å². The Morgan fingerprint density at radius 3 is 2.39 bits per heavy atom. The number of benzene rings is 1. The minimum absolute atomic E-state index is 0.0929. The first-order valence-corrected chi connectivity index (χ1v) is 6.15. The van der Waals surface area contributed by atoms with Gasteiger partial charge in [-0.3, -0.25) is 0 Å². The predicted octanol–water partition coefficient (Wildman–Crippen LogP) is 2.64. The fourth-order valence-corrected chi connectivity index (χ4v) is 2.16. The topological polar surface area (TPSA) is 35.5 Å². The van der Waals surface area contributed by atoms with Crippen LogP contribution in [0.15, 0.2) is 36.4 Å². The molecule has 3 nitrogen and oxygen atoms in total. The number of hydrogen-bond acceptors (Lipinski definition) is 3. The summed E-state index contributed by atoms with van der Waals surface area (Å²) in [7, 11) is 0. The van der Waals surface area contributed by atoms with Crippen LogP contribution in [0.5, 0.6) is 0 Å². The summed E-state index contributed by atoms with van der Waals surface area (Å²) >= 11 is 0. The van der Waals surface area contributed by atoms with Gasteiger partial charge in [0.2, 0.25) is 6.29 Å². The number of rotatable bonds is 4. The van der Waals surface area contributed by atoms with Gasteiger partial charge in [0.15, 0.2) is 0 Å². The Balaban J connectivity index is 1.86. The highest BCUT2D eigenvalue weighted by Gasteiger charge is 2.24. The zero-order valence-corrected chi connectivity index (χ0v) is 10.8. The molecule has 18 heavy (non-hydrogen) atoms. The first kappa shape index (κ1) is 12.8. The molecule has 1 aromatic rings. The maximum Gasteiger partial charge on any atom is 0.335 e. The molecule has 0 aromatic heterocycles. The minimum Gasteiger partial charge on any atom is -0.433 e. The van der Waals surface area contributed by atoms with Gasteiger partial charge in [-0.05, 0) is 37.8 Å². The minimum atomic E-state index is -0.534. The summed E-state index contributed by atoms with van der Waals surface area (Å²) in [5.41, 5.74) is 3.03. The van der Waals surface area contributed by atoms with Gasteiger partial charge in [-0.15, -0.1) is 0 Å². The SMILES string of the molecule is C=C(C)C(=O)OC(C)OC1Cc2ccccc2C1. The smallest absolute Gasteiger partial charge is 0.335 e. The number of hydrogen-bond donors (Lipinski definition) is 0. The number of carbonyl (C=O) groups excluding carboxylic acids is 1. The molecule has 0 bridgehead atoms. The Bertz CT molecular complexity index is 440. The fourth-order valence-electron chi connectivity index (χ4n) is 2.16. The summed E-state index contributed by atoms with van der Waals surface area (Å²) in [4.78, 5) is 11.3. The lowest BCUT2D eigenvalue weighted by Crippen LogP contribution is -2.25. The first-order chi connectivity index (χ1) is 8.56. The second-order valence-corrected chi connectivity index (χ2v) is 4.69. The largest absolute Gasteiger partial charge is 0.433 e. The zero-order chi connectivity index (χ0) is 13.1. The molecular weight excluding hydrogens is 228 g/mol. The third-order valence-corrected chi connectivity index (χ3v) is 3.02. The molecule has 0 amide bonds. The average molecular weight is 246 g/mol. The van der Waals surface area contributed by atoms with Crippen molar-refractivity contribution in [1.29, 1.82) is 0 Å². The van der Waals surface area contributed by atoms with Crippen LogP contribution >= 0.6 is 0 Å². The summed E-state index contributed by atoms with van der Waals surface area (Å²) in [5.74, 6) is -0.405. The van der Waals surface area contributed by atoms with Crippen molar-refractivity contribution >= 4 is 5.97 Å². The molecule has 0 fully saturated rings. The summed E-state index contributed by atoms with van der Waals surface area (Å²) < 4.78 is 10.8. The van der Waals surface area contributed by atoms with Crippen molar-refractivity contribution in [3.8, 4) is 0 Å². The van der Waals surface area contributed by atoms with Gasteiger partial charge in [-0.1, -0.05) is 30.8 Å². The van der Waals surface area contributed by atoms with Gasteiger partial charge in [0.25, 0.3) is 0 Å². The van der Waals surface area contributed by atoms with Crippen molar-refractivity contribution in [3.05, 3.63) is 47.5 Å².